The third-order valence-electron chi connectivity index (χ3n) is 4.72. The number of piperidine rings is 1. The van der Waals surface area contributed by atoms with E-state index in [1.54, 1.807) is 7.11 Å². The maximum atomic E-state index is 5.90. The van der Waals surface area contributed by atoms with Crippen LogP contribution in [-0.4, -0.2) is 39.0 Å². The van der Waals surface area contributed by atoms with E-state index in [1.807, 2.05) is 24.3 Å². The van der Waals surface area contributed by atoms with Crippen LogP contribution < -0.4 is 15.8 Å². The molecular weight excluding hydrogens is 316 g/mol. The second-order valence-corrected chi connectivity index (χ2v) is 6.59. The third-order valence-corrected chi connectivity index (χ3v) is 4.72. The zero-order valence-electron chi connectivity index (χ0n) is 15.1. The molecule has 2 aromatic rings. The van der Waals surface area contributed by atoms with Crippen molar-refractivity contribution in [2.24, 2.45) is 0 Å². The summed E-state index contributed by atoms with van der Waals surface area (Å²) in [4.78, 5) is 15.5. The molecule has 3 N–H and O–H groups in total. The van der Waals surface area contributed by atoms with Crippen LogP contribution in [0, 0.1) is 0 Å². The van der Waals surface area contributed by atoms with Crippen LogP contribution in [0.1, 0.15) is 38.9 Å². The van der Waals surface area contributed by atoms with E-state index in [0.29, 0.717) is 30.4 Å². The Morgan fingerprint density at radius 3 is 2.68 bits per heavy atom. The number of nitrogen functional groups attached to an aromatic ring is 1. The summed E-state index contributed by atoms with van der Waals surface area (Å²) in [5.74, 6) is 2.14. The molecule has 0 bridgehead atoms. The Bertz CT molecular complexity index is 712. The van der Waals surface area contributed by atoms with Gasteiger partial charge in [-0.3, -0.25) is 4.90 Å². The van der Waals surface area contributed by atoms with E-state index in [1.165, 1.54) is 19.3 Å². The number of methoxy groups -OCH3 is 1. The second-order valence-electron chi connectivity index (χ2n) is 6.59. The van der Waals surface area contributed by atoms with Crippen molar-refractivity contribution in [1.82, 2.24) is 19.9 Å². The van der Waals surface area contributed by atoms with Crippen LogP contribution in [0.2, 0.25) is 0 Å². The summed E-state index contributed by atoms with van der Waals surface area (Å²) in [6, 6.07) is 8.65. The van der Waals surface area contributed by atoms with Gasteiger partial charge >= 0.3 is 0 Å². The molecule has 25 heavy (non-hydrogen) atoms. The largest absolute Gasteiger partial charge is 0.497 e. The molecule has 0 saturated carbocycles. The van der Waals surface area contributed by atoms with Crippen LogP contribution >= 0.6 is 0 Å². The van der Waals surface area contributed by atoms with Crippen LogP contribution in [0.4, 0.5) is 17.6 Å². The lowest BCUT2D eigenvalue weighted by Gasteiger charge is -2.38. The van der Waals surface area contributed by atoms with Crippen molar-refractivity contribution in [1.29, 1.82) is 0 Å². The van der Waals surface area contributed by atoms with Gasteiger partial charge in [0, 0.05) is 23.8 Å². The normalized spacial score (nSPS) is 21.1. The lowest BCUT2D eigenvalue weighted by molar-refractivity contribution is 0.0922. The zero-order chi connectivity index (χ0) is 17.8. The molecule has 1 aromatic carbocycles. The Morgan fingerprint density at radius 2 is 1.96 bits per heavy atom. The molecule has 134 valence electrons. The van der Waals surface area contributed by atoms with Gasteiger partial charge < -0.3 is 15.8 Å². The number of hydrogen-bond acceptors (Lipinski definition) is 7. The highest BCUT2D eigenvalue weighted by Crippen LogP contribution is 2.24. The van der Waals surface area contributed by atoms with Crippen LogP contribution in [0.5, 0.6) is 5.75 Å². The predicted molar refractivity (Wildman–Crippen MR) is 98.8 cm³/mol. The van der Waals surface area contributed by atoms with Crippen LogP contribution in [0.25, 0.3) is 0 Å². The third kappa shape index (κ3) is 4.36. The van der Waals surface area contributed by atoms with Gasteiger partial charge in [-0.05, 0) is 38.8 Å². The monoisotopic (exact) mass is 342 g/mol. The van der Waals surface area contributed by atoms with Gasteiger partial charge in [0.25, 0.3) is 0 Å². The summed E-state index contributed by atoms with van der Waals surface area (Å²) >= 11 is 0. The minimum atomic E-state index is 0.229. The summed E-state index contributed by atoms with van der Waals surface area (Å²) in [6.45, 7) is 5.20. The van der Waals surface area contributed by atoms with Crippen LogP contribution in [-0.2, 0) is 6.54 Å². The number of anilines is 3. The highest BCUT2D eigenvalue weighted by molar-refractivity contribution is 5.56. The van der Waals surface area contributed by atoms with Gasteiger partial charge in [-0.2, -0.15) is 15.0 Å². The van der Waals surface area contributed by atoms with Crippen molar-refractivity contribution in [3.05, 3.63) is 30.1 Å². The molecule has 2 unspecified atom stereocenters. The first-order chi connectivity index (χ1) is 12.0. The van der Waals surface area contributed by atoms with Gasteiger partial charge in [0.2, 0.25) is 11.9 Å². The molecule has 7 heteroatoms. The van der Waals surface area contributed by atoms with Gasteiger partial charge in [0.1, 0.15) is 11.6 Å². The average molecular weight is 342 g/mol. The summed E-state index contributed by atoms with van der Waals surface area (Å²) in [5, 5.41) is 3.18. The molecule has 1 saturated heterocycles. The van der Waals surface area contributed by atoms with Gasteiger partial charge in [-0.25, -0.2) is 0 Å². The average Bonchev–Trinajstić information content (AvgIpc) is 2.58. The molecule has 1 aromatic heterocycles. The van der Waals surface area contributed by atoms with E-state index < -0.39 is 0 Å². The van der Waals surface area contributed by atoms with Crippen molar-refractivity contribution in [2.75, 3.05) is 18.2 Å². The van der Waals surface area contributed by atoms with Crippen molar-refractivity contribution in [2.45, 2.75) is 51.7 Å². The van der Waals surface area contributed by atoms with Crippen molar-refractivity contribution in [3.8, 4) is 5.75 Å². The van der Waals surface area contributed by atoms with Crippen molar-refractivity contribution >= 4 is 17.6 Å². The first-order valence-electron chi connectivity index (χ1n) is 8.72. The number of hydrogen-bond donors (Lipinski definition) is 2. The first-order valence-corrected chi connectivity index (χ1v) is 8.72. The molecule has 2 atom stereocenters. The minimum absolute atomic E-state index is 0.229. The van der Waals surface area contributed by atoms with Gasteiger partial charge in [0.15, 0.2) is 0 Å². The number of ether oxygens (including phenoxy) is 1. The van der Waals surface area contributed by atoms with E-state index in [4.69, 9.17) is 10.5 Å². The number of nitrogens with two attached hydrogens (primary N) is 1. The van der Waals surface area contributed by atoms with E-state index in [0.717, 1.165) is 11.4 Å². The molecule has 1 aliphatic rings. The zero-order valence-corrected chi connectivity index (χ0v) is 15.1. The van der Waals surface area contributed by atoms with Gasteiger partial charge in [0.05, 0.1) is 13.7 Å². The Hall–Kier alpha value is -2.41. The standard InChI is InChI=1S/C18H26N6O/c1-12-6-4-7-13(2)24(12)11-16-21-17(19)23-18(22-16)20-14-8-5-9-15(10-14)25-3/h5,8-10,12-13H,4,6-7,11H2,1-3H3,(H3,19,20,21,22,23). The molecule has 7 nitrogen and oxygen atoms in total. The molecule has 0 radical (unpaired) electrons. The smallest absolute Gasteiger partial charge is 0.232 e. The highest BCUT2D eigenvalue weighted by atomic mass is 16.5. The molecule has 2 heterocycles. The number of rotatable bonds is 5. The molecule has 1 aliphatic heterocycles. The lowest BCUT2D eigenvalue weighted by atomic mass is 9.97. The maximum Gasteiger partial charge on any atom is 0.232 e. The second kappa shape index (κ2) is 7.65. The van der Waals surface area contributed by atoms with E-state index in [2.05, 4.69) is 39.0 Å². The van der Waals surface area contributed by atoms with Gasteiger partial charge in [-0.15, -0.1) is 0 Å². The van der Waals surface area contributed by atoms with Crippen molar-refractivity contribution < 1.29 is 4.74 Å². The number of likely N-dealkylation sites (tertiary alicyclic amines) is 1. The number of aromatic nitrogens is 3. The Balaban J connectivity index is 1.78. The molecule has 0 amide bonds. The van der Waals surface area contributed by atoms with E-state index in [9.17, 15) is 0 Å². The summed E-state index contributed by atoms with van der Waals surface area (Å²) in [7, 11) is 1.64. The minimum Gasteiger partial charge on any atom is -0.497 e. The van der Waals surface area contributed by atoms with Crippen LogP contribution in [0.3, 0.4) is 0 Å². The highest BCUT2D eigenvalue weighted by Gasteiger charge is 2.25. The summed E-state index contributed by atoms with van der Waals surface area (Å²) in [6.07, 6.45) is 3.69. The first kappa shape index (κ1) is 17.4. The number of benzene rings is 1. The fourth-order valence-corrected chi connectivity index (χ4v) is 3.34. The molecular formula is C18H26N6O. The summed E-state index contributed by atoms with van der Waals surface area (Å²) < 4.78 is 5.24. The molecule has 3 rings (SSSR count). The van der Waals surface area contributed by atoms with Crippen molar-refractivity contribution in [3.63, 3.8) is 0 Å². The maximum absolute atomic E-state index is 5.90. The molecule has 1 fully saturated rings. The SMILES string of the molecule is COc1cccc(Nc2nc(N)nc(CN3C(C)CCCC3C)n2)c1. The van der Waals surface area contributed by atoms with E-state index >= 15 is 0 Å². The fraction of sp³-hybridized carbons (Fsp3) is 0.500. The lowest BCUT2D eigenvalue weighted by Crippen LogP contribution is -2.43. The Labute approximate surface area is 148 Å². The molecule has 0 aliphatic carbocycles. The predicted octanol–water partition coefficient (Wildman–Crippen LogP) is 2.97. The fourth-order valence-electron chi connectivity index (χ4n) is 3.34. The summed E-state index contributed by atoms with van der Waals surface area (Å²) in [5.41, 5.74) is 6.74. The number of nitrogens with one attached hydrogen (secondary N) is 1. The van der Waals surface area contributed by atoms with Crippen LogP contribution in [0.15, 0.2) is 24.3 Å². The number of nitrogens with zero attached hydrogens (tertiary/aromatic N) is 4. The van der Waals surface area contributed by atoms with Gasteiger partial charge in [-0.1, -0.05) is 12.5 Å². The molecule has 0 spiro atoms. The quantitative estimate of drug-likeness (QED) is 0.863. The Kier molecular flexibility index (Phi) is 5.33. The Morgan fingerprint density at radius 1 is 1.20 bits per heavy atom. The van der Waals surface area contributed by atoms with E-state index in [-0.39, 0.29) is 5.95 Å². The topological polar surface area (TPSA) is 89.2 Å².